The van der Waals surface area contributed by atoms with Gasteiger partial charge < -0.3 is 4.98 Å². The van der Waals surface area contributed by atoms with Crippen molar-refractivity contribution in [3.05, 3.63) is 40.7 Å². The van der Waals surface area contributed by atoms with Crippen LogP contribution in [0.1, 0.15) is 5.69 Å². The van der Waals surface area contributed by atoms with Gasteiger partial charge in [0.1, 0.15) is 17.5 Å². The van der Waals surface area contributed by atoms with E-state index in [0.717, 1.165) is 17.8 Å². The van der Waals surface area contributed by atoms with E-state index in [1.165, 1.54) is 0 Å². The molecule has 1 aromatic heterocycles. The average Bonchev–Trinajstić information content (AvgIpc) is 2.49. The summed E-state index contributed by atoms with van der Waals surface area (Å²) in [4.78, 5) is 6.77. The molecule has 0 spiro atoms. The molecule has 0 atom stereocenters. The molecule has 0 unspecified atom stereocenters. The summed E-state index contributed by atoms with van der Waals surface area (Å²) in [6, 6.07) is 1.83. The molecule has 0 saturated heterocycles. The molecule has 0 aliphatic heterocycles. The summed E-state index contributed by atoms with van der Waals surface area (Å²) in [7, 11) is 0. The summed E-state index contributed by atoms with van der Waals surface area (Å²) in [6.07, 6.45) is 1.55. The van der Waals surface area contributed by atoms with E-state index in [4.69, 9.17) is 11.6 Å². The lowest BCUT2D eigenvalue weighted by Crippen LogP contribution is -1.90. The van der Waals surface area contributed by atoms with Crippen molar-refractivity contribution in [1.82, 2.24) is 9.97 Å². The first-order valence-corrected chi connectivity index (χ1v) is 4.62. The third-order valence-corrected chi connectivity index (χ3v) is 2.24. The van der Waals surface area contributed by atoms with Crippen molar-refractivity contribution >= 4 is 11.6 Å². The summed E-state index contributed by atoms with van der Waals surface area (Å²) in [5.41, 5.74) is 0.871. The van der Waals surface area contributed by atoms with Crippen LogP contribution in [0.15, 0.2) is 18.3 Å². The lowest BCUT2D eigenvalue weighted by molar-refractivity contribution is 0.585. The Bertz CT molecular complexity index is 485. The second kappa shape index (κ2) is 3.62. The molecular formula is C10H7ClF2N2. The minimum absolute atomic E-state index is 0.00171. The van der Waals surface area contributed by atoms with E-state index in [2.05, 4.69) is 9.97 Å². The van der Waals surface area contributed by atoms with Gasteiger partial charge in [0.15, 0.2) is 0 Å². The highest BCUT2D eigenvalue weighted by molar-refractivity contribution is 6.33. The molecule has 0 aliphatic rings. The molecule has 78 valence electrons. The van der Waals surface area contributed by atoms with Crippen LogP contribution < -0.4 is 0 Å². The molecule has 5 heteroatoms. The summed E-state index contributed by atoms with van der Waals surface area (Å²) < 4.78 is 26.2. The van der Waals surface area contributed by atoms with Crippen molar-refractivity contribution in [2.24, 2.45) is 0 Å². The second-order valence-corrected chi connectivity index (χ2v) is 3.57. The summed E-state index contributed by atoms with van der Waals surface area (Å²) in [6.45, 7) is 1.78. The van der Waals surface area contributed by atoms with Gasteiger partial charge in [-0.2, -0.15) is 0 Å². The van der Waals surface area contributed by atoms with Gasteiger partial charge >= 0.3 is 0 Å². The largest absolute Gasteiger partial charge is 0.342 e. The molecule has 0 bridgehead atoms. The van der Waals surface area contributed by atoms with E-state index in [9.17, 15) is 8.78 Å². The van der Waals surface area contributed by atoms with Crippen molar-refractivity contribution in [1.29, 1.82) is 0 Å². The molecule has 2 aromatic rings. The van der Waals surface area contributed by atoms with Crippen molar-refractivity contribution in [3.63, 3.8) is 0 Å². The van der Waals surface area contributed by atoms with Crippen molar-refractivity contribution in [3.8, 4) is 11.4 Å². The van der Waals surface area contributed by atoms with Crippen molar-refractivity contribution in [2.45, 2.75) is 6.92 Å². The summed E-state index contributed by atoms with van der Waals surface area (Å²) in [5.74, 6) is -1.13. The van der Waals surface area contributed by atoms with Gasteiger partial charge in [0.25, 0.3) is 0 Å². The number of hydrogen-bond acceptors (Lipinski definition) is 1. The SMILES string of the molecule is Cc1cnc(-c2c(F)cc(F)cc2Cl)[nH]1. The zero-order valence-electron chi connectivity index (χ0n) is 7.81. The number of aromatic nitrogens is 2. The third kappa shape index (κ3) is 1.85. The minimum Gasteiger partial charge on any atom is -0.342 e. The predicted molar refractivity (Wildman–Crippen MR) is 53.7 cm³/mol. The van der Waals surface area contributed by atoms with Crippen LogP contribution >= 0.6 is 11.6 Å². The van der Waals surface area contributed by atoms with Gasteiger partial charge in [-0.15, -0.1) is 0 Å². The molecule has 0 saturated carbocycles. The Morgan fingerprint density at radius 2 is 2.07 bits per heavy atom. The number of nitrogens with zero attached hydrogens (tertiary/aromatic N) is 1. The molecule has 0 fully saturated rings. The lowest BCUT2D eigenvalue weighted by atomic mass is 10.2. The number of nitrogens with one attached hydrogen (secondary N) is 1. The number of halogens is 3. The van der Waals surface area contributed by atoms with Gasteiger partial charge in [0.05, 0.1) is 10.6 Å². The maximum Gasteiger partial charge on any atom is 0.141 e. The molecular weight excluding hydrogens is 222 g/mol. The number of rotatable bonds is 1. The van der Waals surface area contributed by atoms with E-state index < -0.39 is 11.6 Å². The van der Waals surface area contributed by atoms with E-state index in [1.54, 1.807) is 13.1 Å². The summed E-state index contributed by atoms with van der Waals surface area (Å²) >= 11 is 5.74. The van der Waals surface area contributed by atoms with Crippen LogP contribution in [0.3, 0.4) is 0 Å². The molecule has 0 aliphatic carbocycles. The Labute approximate surface area is 89.9 Å². The van der Waals surface area contributed by atoms with E-state index in [0.29, 0.717) is 5.82 Å². The average molecular weight is 229 g/mol. The number of benzene rings is 1. The number of aromatic amines is 1. The first-order chi connectivity index (χ1) is 7.08. The van der Waals surface area contributed by atoms with Crippen LogP contribution in [0.2, 0.25) is 5.02 Å². The Kier molecular flexibility index (Phi) is 2.44. The standard InChI is InChI=1S/C10H7ClF2N2/c1-5-4-14-10(15-5)9-7(11)2-6(12)3-8(9)13/h2-4H,1H3,(H,14,15). The van der Waals surface area contributed by atoms with E-state index in [1.807, 2.05) is 0 Å². The normalized spacial score (nSPS) is 10.7. The van der Waals surface area contributed by atoms with Gasteiger partial charge in [-0.05, 0) is 13.0 Å². The fraction of sp³-hybridized carbons (Fsp3) is 0.100. The van der Waals surface area contributed by atoms with Gasteiger partial charge in [-0.25, -0.2) is 13.8 Å². The zero-order chi connectivity index (χ0) is 11.0. The molecule has 1 N–H and O–H groups in total. The van der Waals surface area contributed by atoms with Gasteiger partial charge in [0.2, 0.25) is 0 Å². The topological polar surface area (TPSA) is 28.7 Å². The van der Waals surface area contributed by atoms with Gasteiger partial charge in [-0.1, -0.05) is 11.6 Å². The number of H-pyrrole nitrogens is 1. The smallest absolute Gasteiger partial charge is 0.141 e. The van der Waals surface area contributed by atoms with Gasteiger partial charge in [-0.3, -0.25) is 0 Å². The quantitative estimate of drug-likeness (QED) is 0.797. The number of hydrogen-bond donors (Lipinski definition) is 1. The fourth-order valence-electron chi connectivity index (χ4n) is 1.31. The Hall–Kier alpha value is -1.42. The minimum atomic E-state index is -0.727. The predicted octanol–water partition coefficient (Wildman–Crippen LogP) is 3.32. The molecule has 2 rings (SSSR count). The van der Waals surface area contributed by atoms with Crippen LogP contribution in [-0.2, 0) is 0 Å². The van der Waals surface area contributed by atoms with Crippen LogP contribution in [0.25, 0.3) is 11.4 Å². The van der Waals surface area contributed by atoms with Crippen LogP contribution in [0.5, 0.6) is 0 Å². The van der Waals surface area contributed by atoms with E-state index in [-0.39, 0.29) is 10.6 Å². The Morgan fingerprint density at radius 1 is 1.33 bits per heavy atom. The number of aryl methyl sites for hydroxylation is 1. The van der Waals surface area contributed by atoms with Crippen LogP contribution in [0, 0.1) is 18.6 Å². The van der Waals surface area contributed by atoms with Gasteiger partial charge in [0, 0.05) is 18.0 Å². The first-order valence-electron chi connectivity index (χ1n) is 4.24. The third-order valence-electron chi connectivity index (χ3n) is 1.95. The second-order valence-electron chi connectivity index (χ2n) is 3.16. The summed E-state index contributed by atoms with van der Waals surface area (Å²) in [5, 5.41) is 0.00171. The molecule has 1 aromatic carbocycles. The van der Waals surface area contributed by atoms with E-state index >= 15 is 0 Å². The number of imidazole rings is 1. The maximum atomic E-state index is 13.4. The zero-order valence-corrected chi connectivity index (χ0v) is 8.57. The Balaban J connectivity index is 2.62. The Morgan fingerprint density at radius 3 is 2.60 bits per heavy atom. The lowest BCUT2D eigenvalue weighted by Gasteiger charge is -2.02. The van der Waals surface area contributed by atoms with Crippen molar-refractivity contribution < 1.29 is 8.78 Å². The van der Waals surface area contributed by atoms with Crippen molar-refractivity contribution in [2.75, 3.05) is 0 Å². The first kappa shape index (κ1) is 10.1. The highest BCUT2D eigenvalue weighted by atomic mass is 35.5. The monoisotopic (exact) mass is 228 g/mol. The highest BCUT2D eigenvalue weighted by Gasteiger charge is 2.14. The molecule has 1 heterocycles. The van der Waals surface area contributed by atoms with Crippen LogP contribution in [0.4, 0.5) is 8.78 Å². The highest BCUT2D eigenvalue weighted by Crippen LogP contribution is 2.29. The molecule has 0 radical (unpaired) electrons. The van der Waals surface area contributed by atoms with Crippen LogP contribution in [-0.4, -0.2) is 9.97 Å². The molecule has 2 nitrogen and oxygen atoms in total. The molecule has 0 amide bonds. The maximum absolute atomic E-state index is 13.4. The molecule has 15 heavy (non-hydrogen) atoms. The fourth-order valence-corrected chi connectivity index (χ4v) is 1.59.